The van der Waals surface area contributed by atoms with Gasteiger partial charge in [0.1, 0.15) is 0 Å². The molecule has 0 atom stereocenters. The third-order valence-electron chi connectivity index (χ3n) is 3.47. The van der Waals surface area contributed by atoms with E-state index in [1.54, 1.807) is 18.2 Å². The second-order valence-electron chi connectivity index (χ2n) is 4.88. The van der Waals surface area contributed by atoms with Crippen molar-refractivity contribution in [1.82, 2.24) is 5.32 Å². The first-order chi connectivity index (χ1) is 9.16. The number of benzene rings is 1. The van der Waals surface area contributed by atoms with Crippen molar-refractivity contribution < 1.29 is 4.79 Å². The van der Waals surface area contributed by atoms with Crippen molar-refractivity contribution in [1.29, 1.82) is 0 Å². The van der Waals surface area contributed by atoms with E-state index in [1.807, 2.05) is 0 Å². The molecule has 1 aromatic rings. The van der Waals surface area contributed by atoms with E-state index in [1.165, 1.54) is 0 Å². The molecule has 1 amide bonds. The lowest BCUT2D eigenvalue weighted by atomic mass is 9.93. The highest BCUT2D eigenvalue weighted by Crippen LogP contribution is 2.30. The van der Waals surface area contributed by atoms with Crippen LogP contribution in [-0.2, 0) is 4.79 Å². The van der Waals surface area contributed by atoms with Gasteiger partial charge in [0.15, 0.2) is 0 Å². The predicted molar refractivity (Wildman–Crippen MR) is 79.9 cm³/mol. The Hall–Kier alpha value is -0.770. The molecule has 0 bridgehead atoms. The lowest BCUT2D eigenvalue weighted by Gasteiger charge is -2.22. The number of nitrogens with one attached hydrogen (secondary N) is 2. The van der Waals surface area contributed by atoms with Crippen molar-refractivity contribution in [2.24, 2.45) is 5.92 Å². The molecule has 0 radical (unpaired) electrons. The maximum Gasteiger partial charge on any atom is 0.224 e. The maximum absolute atomic E-state index is 11.9. The lowest BCUT2D eigenvalue weighted by molar-refractivity contribution is -0.116. The second-order valence-corrected chi connectivity index (χ2v) is 5.69. The number of hydrogen-bond donors (Lipinski definition) is 2. The fourth-order valence-electron chi connectivity index (χ4n) is 2.32. The molecule has 1 fully saturated rings. The molecule has 2 N–H and O–H groups in total. The van der Waals surface area contributed by atoms with Crippen LogP contribution in [0, 0.1) is 5.92 Å². The van der Waals surface area contributed by atoms with E-state index < -0.39 is 0 Å². The molecule has 1 heterocycles. The number of carbonyl (C=O) groups excluding carboxylic acids is 1. The number of para-hydroxylation sites is 1. The van der Waals surface area contributed by atoms with Crippen molar-refractivity contribution in [3.8, 4) is 0 Å². The molecule has 19 heavy (non-hydrogen) atoms. The Labute approximate surface area is 123 Å². The molecule has 1 aromatic carbocycles. The second kappa shape index (κ2) is 7.13. The number of carbonyl (C=O) groups is 1. The van der Waals surface area contributed by atoms with Gasteiger partial charge in [0, 0.05) is 6.42 Å². The van der Waals surface area contributed by atoms with Gasteiger partial charge in [0.05, 0.1) is 15.7 Å². The van der Waals surface area contributed by atoms with Crippen LogP contribution in [0.2, 0.25) is 10.0 Å². The topological polar surface area (TPSA) is 41.1 Å². The number of anilines is 1. The van der Waals surface area contributed by atoms with E-state index in [4.69, 9.17) is 23.2 Å². The zero-order chi connectivity index (χ0) is 13.7. The summed E-state index contributed by atoms with van der Waals surface area (Å²) in [7, 11) is 0. The molecule has 1 aliphatic heterocycles. The zero-order valence-electron chi connectivity index (χ0n) is 10.7. The summed E-state index contributed by atoms with van der Waals surface area (Å²) in [5.41, 5.74) is 0.515. The Bertz CT molecular complexity index is 425. The minimum atomic E-state index is -0.0199. The van der Waals surface area contributed by atoms with Crippen molar-refractivity contribution in [3.63, 3.8) is 0 Å². The van der Waals surface area contributed by atoms with Crippen LogP contribution in [0.5, 0.6) is 0 Å². The quantitative estimate of drug-likeness (QED) is 0.890. The average molecular weight is 301 g/mol. The van der Waals surface area contributed by atoms with Gasteiger partial charge in [-0.1, -0.05) is 29.3 Å². The van der Waals surface area contributed by atoms with Crippen molar-refractivity contribution in [2.45, 2.75) is 25.7 Å². The highest BCUT2D eigenvalue weighted by Gasteiger charge is 2.15. The van der Waals surface area contributed by atoms with Gasteiger partial charge in [-0.05, 0) is 50.4 Å². The van der Waals surface area contributed by atoms with Crippen LogP contribution in [0.4, 0.5) is 5.69 Å². The number of hydrogen-bond acceptors (Lipinski definition) is 2. The fourth-order valence-corrected chi connectivity index (χ4v) is 2.82. The van der Waals surface area contributed by atoms with Crippen LogP contribution in [0.3, 0.4) is 0 Å². The van der Waals surface area contributed by atoms with Gasteiger partial charge in [0.2, 0.25) is 5.91 Å². The number of amides is 1. The molecule has 0 unspecified atom stereocenters. The molecule has 0 spiro atoms. The summed E-state index contributed by atoms with van der Waals surface area (Å²) in [6.45, 7) is 2.12. The predicted octanol–water partition coefficient (Wildman–Crippen LogP) is 3.71. The van der Waals surface area contributed by atoms with Crippen LogP contribution in [-0.4, -0.2) is 19.0 Å². The SMILES string of the molecule is O=C(CCC1CCNCC1)Nc1c(Cl)cccc1Cl. The Morgan fingerprint density at radius 2 is 1.89 bits per heavy atom. The summed E-state index contributed by atoms with van der Waals surface area (Å²) >= 11 is 12.0. The normalized spacial score (nSPS) is 16.3. The van der Waals surface area contributed by atoms with Gasteiger partial charge in [-0.2, -0.15) is 0 Å². The molecular formula is C14H18Cl2N2O. The average Bonchev–Trinajstić information content (AvgIpc) is 2.42. The number of rotatable bonds is 4. The number of piperidine rings is 1. The van der Waals surface area contributed by atoms with Crippen molar-refractivity contribution in [2.75, 3.05) is 18.4 Å². The Morgan fingerprint density at radius 3 is 2.53 bits per heavy atom. The fraction of sp³-hybridized carbons (Fsp3) is 0.500. The van der Waals surface area contributed by atoms with Gasteiger partial charge >= 0.3 is 0 Å². The summed E-state index contributed by atoms with van der Waals surface area (Å²) in [5.74, 6) is 0.627. The molecule has 0 aliphatic carbocycles. The third-order valence-corrected chi connectivity index (χ3v) is 4.10. The summed E-state index contributed by atoms with van der Waals surface area (Å²) in [5, 5.41) is 7.07. The Kier molecular flexibility index (Phi) is 5.49. The minimum absolute atomic E-state index is 0.0199. The molecule has 5 heteroatoms. The van der Waals surface area contributed by atoms with Crippen LogP contribution in [0.1, 0.15) is 25.7 Å². The largest absolute Gasteiger partial charge is 0.324 e. The Morgan fingerprint density at radius 1 is 1.26 bits per heavy atom. The van der Waals surface area contributed by atoms with Crippen LogP contribution in [0.25, 0.3) is 0 Å². The molecule has 3 nitrogen and oxygen atoms in total. The van der Waals surface area contributed by atoms with Gasteiger partial charge in [-0.15, -0.1) is 0 Å². The highest BCUT2D eigenvalue weighted by atomic mass is 35.5. The standard InChI is InChI=1S/C14H18Cl2N2O/c15-11-2-1-3-12(16)14(11)18-13(19)5-4-10-6-8-17-9-7-10/h1-3,10,17H,4-9H2,(H,18,19). The zero-order valence-corrected chi connectivity index (χ0v) is 12.2. The molecule has 2 rings (SSSR count). The highest BCUT2D eigenvalue weighted by molar-refractivity contribution is 6.39. The Balaban J connectivity index is 1.83. The van der Waals surface area contributed by atoms with Crippen LogP contribution in [0.15, 0.2) is 18.2 Å². The van der Waals surface area contributed by atoms with Gasteiger partial charge < -0.3 is 10.6 Å². The van der Waals surface area contributed by atoms with Gasteiger partial charge in [0.25, 0.3) is 0 Å². The smallest absolute Gasteiger partial charge is 0.224 e. The first kappa shape index (κ1) is 14.6. The van der Waals surface area contributed by atoms with Gasteiger partial charge in [-0.25, -0.2) is 0 Å². The molecular weight excluding hydrogens is 283 g/mol. The van der Waals surface area contributed by atoms with E-state index >= 15 is 0 Å². The minimum Gasteiger partial charge on any atom is -0.324 e. The summed E-state index contributed by atoms with van der Waals surface area (Å²) in [6, 6.07) is 5.20. The summed E-state index contributed by atoms with van der Waals surface area (Å²) in [6.07, 6.45) is 3.75. The monoisotopic (exact) mass is 300 g/mol. The van der Waals surface area contributed by atoms with Crippen molar-refractivity contribution in [3.05, 3.63) is 28.2 Å². The third kappa shape index (κ3) is 4.37. The summed E-state index contributed by atoms with van der Waals surface area (Å²) in [4.78, 5) is 11.9. The van der Waals surface area contributed by atoms with Crippen molar-refractivity contribution >= 4 is 34.8 Å². The first-order valence-electron chi connectivity index (χ1n) is 6.61. The van der Waals surface area contributed by atoms with Crippen LogP contribution >= 0.6 is 23.2 Å². The molecule has 1 aliphatic rings. The van der Waals surface area contributed by atoms with Gasteiger partial charge in [-0.3, -0.25) is 4.79 Å². The van der Waals surface area contributed by atoms with E-state index in [9.17, 15) is 4.79 Å². The molecule has 1 saturated heterocycles. The number of halogens is 2. The van der Waals surface area contributed by atoms with E-state index in [0.717, 1.165) is 32.4 Å². The first-order valence-corrected chi connectivity index (χ1v) is 7.37. The van der Waals surface area contributed by atoms with E-state index in [0.29, 0.717) is 28.1 Å². The lowest BCUT2D eigenvalue weighted by Crippen LogP contribution is -2.28. The van der Waals surface area contributed by atoms with E-state index in [-0.39, 0.29) is 5.91 Å². The summed E-state index contributed by atoms with van der Waals surface area (Å²) < 4.78 is 0. The van der Waals surface area contributed by atoms with Crippen LogP contribution < -0.4 is 10.6 Å². The molecule has 0 saturated carbocycles. The molecule has 0 aromatic heterocycles. The molecule has 104 valence electrons. The van der Waals surface area contributed by atoms with E-state index in [2.05, 4.69) is 10.6 Å². The maximum atomic E-state index is 11.9.